The number of hydrogen-bond acceptors (Lipinski definition) is 4. The van der Waals surface area contributed by atoms with Crippen molar-refractivity contribution in [1.29, 1.82) is 0 Å². The second-order valence-corrected chi connectivity index (χ2v) is 5.52. The SMILES string of the molecule is O=c1ccc2ccc(OCc3cn4cc(Cl)ccc4n3)cc2o1. The fourth-order valence-electron chi connectivity index (χ4n) is 2.37. The predicted molar refractivity (Wildman–Crippen MR) is 87.0 cm³/mol. The first-order valence-corrected chi connectivity index (χ1v) is 7.35. The lowest BCUT2D eigenvalue weighted by Crippen LogP contribution is -1.97. The van der Waals surface area contributed by atoms with Gasteiger partial charge in [0.1, 0.15) is 23.6 Å². The minimum atomic E-state index is -0.383. The standard InChI is InChI=1S/C17H11ClN2O3/c18-12-3-5-16-19-13(9-20(16)8-12)10-22-14-4-1-11-2-6-17(21)23-15(11)7-14/h1-9H,10H2. The van der Waals surface area contributed by atoms with Crippen LogP contribution >= 0.6 is 11.6 Å². The number of imidazole rings is 1. The molecule has 0 spiro atoms. The van der Waals surface area contributed by atoms with Gasteiger partial charge in [0, 0.05) is 29.9 Å². The van der Waals surface area contributed by atoms with Crippen molar-refractivity contribution >= 4 is 28.2 Å². The third-order valence-corrected chi connectivity index (χ3v) is 3.67. The highest BCUT2D eigenvalue weighted by Crippen LogP contribution is 2.20. The fourth-order valence-corrected chi connectivity index (χ4v) is 2.54. The molecule has 4 rings (SSSR count). The van der Waals surface area contributed by atoms with Gasteiger partial charge < -0.3 is 13.6 Å². The lowest BCUT2D eigenvalue weighted by atomic mass is 10.2. The summed E-state index contributed by atoms with van der Waals surface area (Å²) < 4.78 is 12.7. The Morgan fingerprint density at radius 3 is 2.91 bits per heavy atom. The van der Waals surface area contributed by atoms with Crippen LogP contribution in [0.5, 0.6) is 5.75 Å². The molecule has 1 aromatic carbocycles. The Morgan fingerprint density at radius 2 is 2.00 bits per heavy atom. The van der Waals surface area contributed by atoms with Gasteiger partial charge >= 0.3 is 5.63 Å². The van der Waals surface area contributed by atoms with E-state index in [2.05, 4.69) is 4.98 Å². The van der Waals surface area contributed by atoms with Crippen molar-refractivity contribution in [1.82, 2.24) is 9.38 Å². The zero-order valence-corrected chi connectivity index (χ0v) is 12.7. The first-order valence-electron chi connectivity index (χ1n) is 6.97. The maximum absolute atomic E-state index is 11.3. The Bertz CT molecular complexity index is 1070. The number of aromatic nitrogens is 2. The molecule has 0 atom stereocenters. The molecular formula is C17H11ClN2O3. The summed E-state index contributed by atoms with van der Waals surface area (Å²) in [5.41, 5.74) is 1.70. The molecule has 114 valence electrons. The van der Waals surface area contributed by atoms with Crippen LogP contribution < -0.4 is 10.4 Å². The molecular weight excluding hydrogens is 316 g/mol. The minimum Gasteiger partial charge on any atom is -0.487 e. The Balaban J connectivity index is 1.58. The highest BCUT2D eigenvalue weighted by molar-refractivity contribution is 6.30. The Kier molecular flexibility index (Phi) is 3.28. The van der Waals surface area contributed by atoms with Crippen molar-refractivity contribution in [3.63, 3.8) is 0 Å². The van der Waals surface area contributed by atoms with E-state index in [0.717, 1.165) is 16.7 Å². The topological polar surface area (TPSA) is 56.7 Å². The Labute approximate surface area is 135 Å². The molecule has 0 N–H and O–H groups in total. The molecule has 5 nitrogen and oxygen atoms in total. The average molecular weight is 327 g/mol. The number of halogens is 1. The van der Waals surface area contributed by atoms with Crippen LogP contribution in [-0.4, -0.2) is 9.38 Å². The van der Waals surface area contributed by atoms with Gasteiger partial charge in [-0.2, -0.15) is 0 Å². The van der Waals surface area contributed by atoms with Crippen LogP contribution in [0.2, 0.25) is 5.02 Å². The van der Waals surface area contributed by atoms with Gasteiger partial charge in [0.05, 0.1) is 10.7 Å². The summed E-state index contributed by atoms with van der Waals surface area (Å²) in [6.45, 7) is 0.307. The molecule has 0 saturated heterocycles. The van der Waals surface area contributed by atoms with Crippen molar-refractivity contribution in [2.45, 2.75) is 6.61 Å². The molecule has 0 radical (unpaired) electrons. The van der Waals surface area contributed by atoms with E-state index in [4.69, 9.17) is 20.8 Å². The van der Waals surface area contributed by atoms with E-state index in [-0.39, 0.29) is 5.63 Å². The number of fused-ring (bicyclic) bond motifs is 2. The van der Waals surface area contributed by atoms with Crippen LogP contribution in [0.4, 0.5) is 0 Å². The molecule has 4 aromatic rings. The highest BCUT2D eigenvalue weighted by Gasteiger charge is 2.05. The second kappa shape index (κ2) is 5.44. The number of pyridine rings is 1. The summed E-state index contributed by atoms with van der Waals surface area (Å²) in [6, 6.07) is 12.1. The van der Waals surface area contributed by atoms with Gasteiger partial charge in [0.2, 0.25) is 0 Å². The van der Waals surface area contributed by atoms with E-state index in [0.29, 0.717) is 23.0 Å². The van der Waals surface area contributed by atoms with Gasteiger partial charge in [-0.3, -0.25) is 0 Å². The van der Waals surface area contributed by atoms with Crippen LogP contribution in [0.25, 0.3) is 16.6 Å². The van der Waals surface area contributed by atoms with Gasteiger partial charge in [-0.05, 0) is 30.3 Å². The van der Waals surface area contributed by atoms with Crippen molar-refractivity contribution in [2.24, 2.45) is 0 Å². The summed E-state index contributed by atoms with van der Waals surface area (Å²) in [5, 5.41) is 1.49. The molecule has 0 aliphatic carbocycles. The summed E-state index contributed by atoms with van der Waals surface area (Å²) in [6.07, 6.45) is 3.65. The molecule has 0 unspecified atom stereocenters. The Morgan fingerprint density at radius 1 is 1.13 bits per heavy atom. The normalized spacial score (nSPS) is 11.2. The quantitative estimate of drug-likeness (QED) is 0.539. The maximum atomic E-state index is 11.3. The molecule has 0 fully saturated rings. The summed E-state index contributed by atoms with van der Waals surface area (Å²) in [7, 11) is 0. The third-order valence-electron chi connectivity index (χ3n) is 3.45. The van der Waals surface area contributed by atoms with E-state index in [1.54, 1.807) is 24.4 Å². The van der Waals surface area contributed by atoms with Crippen LogP contribution in [0.3, 0.4) is 0 Å². The minimum absolute atomic E-state index is 0.307. The molecule has 0 aliphatic rings. The van der Waals surface area contributed by atoms with Crippen LogP contribution in [-0.2, 0) is 6.61 Å². The van der Waals surface area contributed by atoms with Gasteiger partial charge in [0.25, 0.3) is 0 Å². The predicted octanol–water partition coefficient (Wildman–Crippen LogP) is 3.67. The Hall–Kier alpha value is -2.79. The zero-order valence-electron chi connectivity index (χ0n) is 11.9. The molecule has 3 aromatic heterocycles. The van der Waals surface area contributed by atoms with Gasteiger partial charge in [0.15, 0.2) is 0 Å². The molecule has 6 heteroatoms. The molecule has 0 amide bonds. The number of ether oxygens (including phenoxy) is 1. The van der Waals surface area contributed by atoms with E-state index < -0.39 is 0 Å². The number of hydrogen-bond donors (Lipinski definition) is 0. The van der Waals surface area contributed by atoms with Crippen molar-refractivity contribution in [3.05, 3.63) is 76.0 Å². The van der Waals surface area contributed by atoms with E-state index in [1.165, 1.54) is 6.07 Å². The molecule has 0 aliphatic heterocycles. The molecule has 0 bridgehead atoms. The van der Waals surface area contributed by atoms with E-state index >= 15 is 0 Å². The first-order chi connectivity index (χ1) is 11.2. The van der Waals surface area contributed by atoms with Crippen LogP contribution in [0.15, 0.2) is 64.1 Å². The summed E-state index contributed by atoms with van der Waals surface area (Å²) >= 11 is 5.95. The summed E-state index contributed by atoms with van der Waals surface area (Å²) in [4.78, 5) is 15.7. The van der Waals surface area contributed by atoms with E-state index in [1.807, 2.05) is 28.8 Å². The second-order valence-electron chi connectivity index (χ2n) is 5.09. The highest BCUT2D eigenvalue weighted by atomic mass is 35.5. The van der Waals surface area contributed by atoms with Gasteiger partial charge in [-0.15, -0.1) is 0 Å². The van der Waals surface area contributed by atoms with Gasteiger partial charge in [-0.1, -0.05) is 11.6 Å². The smallest absolute Gasteiger partial charge is 0.336 e. The lowest BCUT2D eigenvalue weighted by molar-refractivity contribution is 0.302. The zero-order chi connectivity index (χ0) is 15.8. The number of nitrogens with zero attached hydrogens (tertiary/aromatic N) is 2. The van der Waals surface area contributed by atoms with Crippen molar-refractivity contribution < 1.29 is 9.15 Å². The summed E-state index contributed by atoms with van der Waals surface area (Å²) in [5.74, 6) is 0.613. The average Bonchev–Trinajstić information content (AvgIpc) is 2.94. The first kappa shape index (κ1) is 13.8. The van der Waals surface area contributed by atoms with Crippen molar-refractivity contribution in [3.8, 4) is 5.75 Å². The van der Waals surface area contributed by atoms with Gasteiger partial charge in [-0.25, -0.2) is 9.78 Å². The maximum Gasteiger partial charge on any atom is 0.336 e. The van der Waals surface area contributed by atoms with Crippen LogP contribution in [0.1, 0.15) is 5.69 Å². The third kappa shape index (κ3) is 2.78. The number of benzene rings is 1. The molecule has 0 saturated carbocycles. The molecule has 23 heavy (non-hydrogen) atoms. The van der Waals surface area contributed by atoms with Crippen LogP contribution in [0, 0.1) is 0 Å². The number of rotatable bonds is 3. The van der Waals surface area contributed by atoms with E-state index in [9.17, 15) is 4.79 Å². The fraction of sp³-hybridized carbons (Fsp3) is 0.0588. The lowest BCUT2D eigenvalue weighted by Gasteiger charge is -2.04. The van der Waals surface area contributed by atoms with Crippen molar-refractivity contribution in [2.75, 3.05) is 0 Å². The monoisotopic (exact) mass is 326 g/mol. The molecule has 3 heterocycles. The largest absolute Gasteiger partial charge is 0.487 e.